The molecule has 1 heterocycles. The number of aromatic nitrogens is 2. The van der Waals surface area contributed by atoms with Gasteiger partial charge in [-0.2, -0.15) is 5.10 Å². The van der Waals surface area contributed by atoms with Crippen LogP contribution < -0.4 is 5.32 Å². The second kappa shape index (κ2) is 5.24. The Kier molecular flexibility index (Phi) is 3.66. The van der Waals surface area contributed by atoms with Crippen LogP contribution in [0.4, 0.5) is 0 Å². The normalized spacial score (nSPS) is 11.3. The van der Waals surface area contributed by atoms with E-state index < -0.39 is 5.54 Å². The van der Waals surface area contributed by atoms with Gasteiger partial charge in [-0.05, 0) is 19.9 Å². The maximum atomic E-state index is 12.0. The number of amides is 1. The molecule has 1 amide bonds. The van der Waals surface area contributed by atoms with E-state index in [0.717, 1.165) is 5.56 Å². The van der Waals surface area contributed by atoms with Gasteiger partial charge in [0, 0.05) is 5.56 Å². The number of hydrogen-bond acceptors (Lipinski definition) is 3. The summed E-state index contributed by atoms with van der Waals surface area (Å²) in [5, 5.41) is 18.7. The van der Waals surface area contributed by atoms with Crippen LogP contribution in [0.25, 0.3) is 11.3 Å². The van der Waals surface area contributed by atoms with Crippen LogP contribution in [0.5, 0.6) is 0 Å². The molecule has 5 heteroatoms. The zero-order chi connectivity index (χ0) is 13.9. The lowest BCUT2D eigenvalue weighted by atomic mass is 10.1. The summed E-state index contributed by atoms with van der Waals surface area (Å²) in [6, 6.07) is 11.3. The standard InChI is InChI=1S/C14H17N3O2/c1-14(2,9-18)15-13(19)12-8-11(16-17-12)10-6-4-3-5-7-10/h3-8,18H,9H2,1-2H3,(H,15,19)(H,16,17). The van der Waals surface area contributed by atoms with Crippen molar-refractivity contribution in [1.29, 1.82) is 0 Å². The van der Waals surface area contributed by atoms with E-state index in [1.165, 1.54) is 0 Å². The maximum absolute atomic E-state index is 12.0. The van der Waals surface area contributed by atoms with Crippen LogP contribution in [-0.2, 0) is 0 Å². The summed E-state index contributed by atoms with van der Waals surface area (Å²) < 4.78 is 0. The third kappa shape index (κ3) is 3.20. The summed E-state index contributed by atoms with van der Waals surface area (Å²) in [5.41, 5.74) is 1.38. The molecule has 2 rings (SSSR count). The van der Waals surface area contributed by atoms with Crippen LogP contribution >= 0.6 is 0 Å². The fourth-order valence-corrected chi connectivity index (χ4v) is 1.61. The van der Waals surface area contributed by atoms with E-state index in [1.54, 1.807) is 19.9 Å². The highest BCUT2D eigenvalue weighted by atomic mass is 16.3. The summed E-state index contributed by atoms with van der Waals surface area (Å²) in [5.74, 6) is -0.284. The number of carbonyl (C=O) groups is 1. The molecule has 0 aliphatic heterocycles. The average Bonchev–Trinajstić information content (AvgIpc) is 2.89. The van der Waals surface area contributed by atoms with E-state index in [1.807, 2.05) is 30.3 Å². The van der Waals surface area contributed by atoms with Crippen molar-refractivity contribution in [3.8, 4) is 11.3 Å². The quantitative estimate of drug-likeness (QED) is 0.780. The van der Waals surface area contributed by atoms with E-state index in [9.17, 15) is 4.79 Å². The zero-order valence-electron chi connectivity index (χ0n) is 11.0. The molecule has 0 saturated heterocycles. The summed E-state index contributed by atoms with van der Waals surface area (Å²) in [6.45, 7) is 3.37. The van der Waals surface area contributed by atoms with Gasteiger partial charge in [0.15, 0.2) is 0 Å². The van der Waals surface area contributed by atoms with Gasteiger partial charge in [0.1, 0.15) is 5.69 Å². The van der Waals surface area contributed by atoms with Crippen LogP contribution in [0.2, 0.25) is 0 Å². The fraction of sp³-hybridized carbons (Fsp3) is 0.286. The number of rotatable bonds is 4. The van der Waals surface area contributed by atoms with Gasteiger partial charge in [-0.3, -0.25) is 9.89 Å². The summed E-state index contributed by atoms with van der Waals surface area (Å²) in [6.07, 6.45) is 0. The molecule has 19 heavy (non-hydrogen) atoms. The smallest absolute Gasteiger partial charge is 0.269 e. The van der Waals surface area contributed by atoms with Crippen LogP contribution in [0.3, 0.4) is 0 Å². The number of nitrogens with zero attached hydrogens (tertiary/aromatic N) is 1. The van der Waals surface area contributed by atoms with Crippen LogP contribution in [0, 0.1) is 0 Å². The zero-order valence-corrected chi connectivity index (χ0v) is 11.0. The molecule has 0 unspecified atom stereocenters. The van der Waals surface area contributed by atoms with E-state index in [2.05, 4.69) is 15.5 Å². The van der Waals surface area contributed by atoms with Crippen molar-refractivity contribution in [2.75, 3.05) is 6.61 Å². The molecule has 0 fully saturated rings. The van der Waals surface area contributed by atoms with Gasteiger partial charge in [0.05, 0.1) is 17.8 Å². The molecule has 1 aromatic carbocycles. The Balaban J connectivity index is 2.16. The highest BCUT2D eigenvalue weighted by Crippen LogP contribution is 2.17. The second-order valence-corrected chi connectivity index (χ2v) is 5.03. The van der Waals surface area contributed by atoms with Crippen molar-refractivity contribution in [3.63, 3.8) is 0 Å². The molecule has 5 nitrogen and oxygen atoms in total. The van der Waals surface area contributed by atoms with Gasteiger partial charge in [-0.25, -0.2) is 0 Å². The number of aliphatic hydroxyl groups excluding tert-OH is 1. The molecule has 0 radical (unpaired) electrons. The molecule has 0 aliphatic rings. The highest BCUT2D eigenvalue weighted by Gasteiger charge is 2.21. The molecular formula is C14H17N3O2. The first-order valence-corrected chi connectivity index (χ1v) is 6.06. The van der Waals surface area contributed by atoms with Crippen LogP contribution in [0.1, 0.15) is 24.3 Å². The molecule has 100 valence electrons. The first kappa shape index (κ1) is 13.3. The summed E-state index contributed by atoms with van der Waals surface area (Å²) in [7, 11) is 0. The number of nitrogens with one attached hydrogen (secondary N) is 2. The predicted molar refractivity (Wildman–Crippen MR) is 72.7 cm³/mol. The second-order valence-electron chi connectivity index (χ2n) is 5.03. The van der Waals surface area contributed by atoms with Crippen molar-refractivity contribution in [2.45, 2.75) is 19.4 Å². The lowest BCUT2D eigenvalue weighted by molar-refractivity contribution is 0.0864. The Morgan fingerprint density at radius 3 is 2.68 bits per heavy atom. The van der Waals surface area contributed by atoms with E-state index in [-0.39, 0.29) is 12.5 Å². The number of aromatic amines is 1. The predicted octanol–water partition coefficient (Wildman–Crippen LogP) is 1.58. The van der Waals surface area contributed by atoms with Crippen molar-refractivity contribution < 1.29 is 9.90 Å². The number of aliphatic hydroxyl groups is 1. The lowest BCUT2D eigenvalue weighted by Gasteiger charge is -2.22. The van der Waals surface area contributed by atoms with Gasteiger partial charge in [0.2, 0.25) is 0 Å². The maximum Gasteiger partial charge on any atom is 0.269 e. The van der Waals surface area contributed by atoms with Gasteiger partial charge in [0.25, 0.3) is 5.91 Å². The first-order chi connectivity index (χ1) is 9.02. The Labute approximate surface area is 111 Å². The van der Waals surface area contributed by atoms with Crippen LogP contribution in [0.15, 0.2) is 36.4 Å². The third-order valence-electron chi connectivity index (χ3n) is 2.74. The topological polar surface area (TPSA) is 78.0 Å². The molecule has 0 spiro atoms. The van der Waals surface area contributed by atoms with Gasteiger partial charge in [-0.1, -0.05) is 30.3 Å². The van der Waals surface area contributed by atoms with Crippen molar-refractivity contribution >= 4 is 5.91 Å². The first-order valence-electron chi connectivity index (χ1n) is 6.06. The van der Waals surface area contributed by atoms with E-state index in [4.69, 9.17) is 5.11 Å². The van der Waals surface area contributed by atoms with E-state index in [0.29, 0.717) is 11.4 Å². The average molecular weight is 259 g/mol. The highest BCUT2D eigenvalue weighted by molar-refractivity contribution is 5.93. The molecule has 0 saturated carbocycles. The minimum absolute atomic E-state index is 0.127. The van der Waals surface area contributed by atoms with Gasteiger partial charge in [-0.15, -0.1) is 0 Å². The van der Waals surface area contributed by atoms with Crippen LogP contribution in [-0.4, -0.2) is 33.4 Å². The van der Waals surface area contributed by atoms with Gasteiger partial charge >= 0.3 is 0 Å². The largest absolute Gasteiger partial charge is 0.394 e. The number of hydrogen-bond donors (Lipinski definition) is 3. The Morgan fingerprint density at radius 1 is 1.37 bits per heavy atom. The molecule has 0 atom stereocenters. The number of benzene rings is 1. The minimum atomic E-state index is -0.658. The summed E-state index contributed by atoms with van der Waals surface area (Å²) in [4.78, 5) is 12.0. The molecule has 3 N–H and O–H groups in total. The Bertz CT molecular complexity index is 561. The SMILES string of the molecule is CC(C)(CO)NC(=O)c1cc(-c2ccccc2)n[nH]1. The lowest BCUT2D eigenvalue weighted by Crippen LogP contribution is -2.46. The van der Waals surface area contributed by atoms with Gasteiger partial charge < -0.3 is 10.4 Å². The van der Waals surface area contributed by atoms with Crippen molar-refractivity contribution in [1.82, 2.24) is 15.5 Å². The summed E-state index contributed by atoms with van der Waals surface area (Å²) >= 11 is 0. The van der Waals surface area contributed by atoms with E-state index >= 15 is 0 Å². The number of carbonyl (C=O) groups excluding carboxylic acids is 1. The molecule has 0 bridgehead atoms. The molecule has 0 aliphatic carbocycles. The monoisotopic (exact) mass is 259 g/mol. The Hall–Kier alpha value is -2.14. The van der Waals surface area contributed by atoms with Crippen molar-refractivity contribution in [2.24, 2.45) is 0 Å². The Morgan fingerprint density at radius 2 is 2.05 bits per heavy atom. The molecular weight excluding hydrogens is 242 g/mol. The van der Waals surface area contributed by atoms with Crippen molar-refractivity contribution in [3.05, 3.63) is 42.1 Å². The number of H-pyrrole nitrogens is 1. The third-order valence-corrected chi connectivity index (χ3v) is 2.74. The molecule has 1 aromatic heterocycles. The molecule has 2 aromatic rings. The minimum Gasteiger partial charge on any atom is -0.394 e. The fourth-order valence-electron chi connectivity index (χ4n) is 1.61.